The average Bonchev–Trinajstić information content (AvgIpc) is 2.83. The van der Waals surface area contributed by atoms with Crippen molar-refractivity contribution in [2.75, 3.05) is 11.1 Å². The Morgan fingerprint density at radius 2 is 1.90 bits per heavy atom. The molecule has 1 aromatic carbocycles. The van der Waals surface area contributed by atoms with Crippen molar-refractivity contribution in [3.8, 4) is 0 Å². The van der Waals surface area contributed by atoms with E-state index in [0.29, 0.717) is 5.82 Å². The molecule has 5 nitrogen and oxygen atoms in total. The molecule has 0 radical (unpaired) electrons. The zero-order chi connectivity index (χ0) is 14.1. The lowest BCUT2D eigenvalue weighted by molar-refractivity contribution is 0.0698. The van der Waals surface area contributed by atoms with Crippen LogP contribution in [0.25, 0.3) is 0 Å². The largest absolute Gasteiger partial charge is 0.478 e. The number of nitrogens with two attached hydrogens (primary N) is 1. The Morgan fingerprint density at radius 1 is 1.25 bits per heavy atom. The molecular formula is C15H15N3O2. The highest BCUT2D eigenvalue weighted by atomic mass is 16.4. The second-order valence-corrected chi connectivity index (χ2v) is 4.94. The molecule has 0 saturated heterocycles. The normalized spacial score (nSPS) is 14.0. The van der Waals surface area contributed by atoms with Crippen LogP contribution < -0.4 is 11.1 Å². The highest BCUT2D eigenvalue weighted by molar-refractivity contribution is 5.96. The van der Waals surface area contributed by atoms with Gasteiger partial charge in [-0.3, -0.25) is 0 Å². The molecule has 0 saturated carbocycles. The molecule has 20 heavy (non-hydrogen) atoms. The van der Waals surface area contributed by atoms with Crippen molar-refractivity contribution >= 4 is 17.5 Å². The maximum atomic E-state index is 11.1. The molecule has 3 rings (SSSR count). The van der Waals surface area contributed by atoms with Gasteiger partial charge in [0.2, 0.25) is 0 Å². The second kappa shape index (κ2) is 4.85. The van der Waals surface area contributed by atoms with Crippen molar-refractivity contribution in [2.45, 2.75) is 18.9 Å². The fourth-order valence-corrected chi connectivity index (χ4v) is 2.63. The van der Waals surface area contributed by atoms with Gasteiger partial charge in [-0.1, -0.05) is 24.3 Å². The van der Waals surface area contributed by atoms with Crippen LogP contribution in [0.5, 0.6) is 0 Å². The van der Waals surface area contributed by atoms with E-state index in [-0.39, 0.29) is 17.3 Å². The molecule has 0 bridgehead atoms. The highest BCUT2D eigenvalue weighted by Gasteiger charge is 2.22. The van der Waals surface area contributed by atoms with E-state index in [9.17, 15) is 4.79 Å². The number of fused-ring (bicyclic) bond motifs is 1. The molecular weight excluding hydrogens is 254 g/mol. The maximum Gasteiger partial charge on any atom is 0.337 e. The first-order valence-corrected chi connectivity index (χ1v) is 6.46. The Bertz CT molecular complexity index is 645. The SMILES string of the molecule is Nc1c(C(=O)O)ccnc1NC1Cc2ccccc2C1. The fourth-order valence-electron chi connectivity index (χ4n) is 2.63. The Morgan fingerprint density at radius 3 is 2.50 bits per heavy atom. The third-order valence-electron chi connectivity index (χ3n) is 3.61. The highest BCUT2D eigenvalue weighted by Crippen LogP contribution is 2.27. The smallest absolute Gasteiger partial charge is 0.337 e. The van der Waals surface area contributed by atoms with Gasteiger partial charge in [0.15, 0.2) is 0 Å². The molecule has 2 aromatic rings. The first-order valence-electron chi connectivity index (χ1n) is 6.46. The van der Waals surface area contributed by atoms with Crippen LogP contribution in [0.3, 0.4) is 0 Å². The number of hydrogen-bond donors (Lipinski definition) is 3. The van der Waals surface area contributed by atoms with Crippen LogP contribution in [-0.4, -0.2) is 22.1 Å². The summed E-state index contributed by atoms with van der Waals surface area (Å²) in [6.45, 7) is 0. The monoisotopic (exact) mass is 269 g/mol. The van der Waals surface area contributed by atoms with E-state index in [4.69, 9.17) is 10.8 Å². The van der Waals surface area contributed by atoms with Crippen LogP contribution >= 0.6 is 0 Å². The minimum atomic E-state index is -1.04. The van der Waals surface area contributed by atoms with Gasteiger partial charge in [-0.15, -0.1) is 0 Å². The Kier molecular flexibility index (Phi) is 3.02. The predicted octanol–water partition coefficient (Wildman–Crippen LogP) is 1.94. The Labute approximate surface area is 116 Å². The summed E-state index contributed by atoms with van der Waals surface area (Å²) in [5.74, 6) is -0.592. The van der Waals surface area contributed by atoms with Gasteiger partial charge in [0.25, 0.3) is 0 Å². The third kappa shape index (κ3) is 2.18. The predicted molar refractivity (Wildman–Crippen MR) is 76.9 cm³/mol. The minimum absolute atomic E-state index is 0.0815. The van der Waals surface area contributed by atoms with Crippen molar-refractivity contribution in [2.24, 2.45) is 0 Å². The summed E-state index contributed by atoms with van der Waals surface area (Å²) < 4.78 is 0. The van der Waals surface area contributed by atoms with Crippen LogP contribution in [0, 0.1) is 0 Å². The fraction of sp³-hybridized carbons (Fsp3) is 0.200. The number of aromatic carboxylic acids is 1. The summed E-state index contributed by atoms with van der Waals surface area (Å²) in [7, 11) is 0. The van der Waals surface area contributed by atoms with E-state index < -0.39 is 5.97 Å². The molecule has 1 heterocycles. The summed E-state index contributed by atoms with van der Waals surface area (Å²) in [6.07, 6.45) is 3.26. The van der Waals surface area contributed by atoms with E-state index in [0.717, 1.165) is 12.8 Å². The number of nitrogen functional groups attached to an aromatic ring is 1. The number of pyridine rings is 1. The molecule has 0 fully saturated rings. The van der Waals surface area contributed by atoms with Crippen molar-refractivity contribution < 1.29 is 9.90 Å². The second-order valence-electron chi connectivity index (χ2n) is 4.94. The van der Waals surface area contributed by atoms with Gasteiger partial charge < -0.3 is 16.2 Å². The van der Waals surface area contributed by atoms with Crippen LogP contribution in [0.2, 0.25) is 0 Å². The lowest BCUT2D eigenvalue weighted by Gasteiger charge is -2.15. The van der Waals surface area contributed by atoms with E-state index >= 15 is 0 Å². The molecule has 5 heteroatoms. The van der Waals surface area contributed by atoms with E-state index in [1.807, 2.05) is 12.1 Å². The molecule has 0 amide bonds. The van der Waals surface area contributed by atoms with Crippen LogP contribution in [0.1, 0.15) is 21.5 Å². The van der Waals surface area contributed by atoms with Gasteiger partial charge in [-0.05, 0) is 30.0 Å². The van der Waals surface area contributed by atoms with E-state index in [2.05, 4.69) is 22.4 Å². The average molecular weight is 269 g/mol. The standard InChI is InChI=1S/C15H15N3O2/c16-13-12(15(19)20)5-6-17-14(13)18-11-7-9-3-1-2-4-10(9)8-11/h1-6,11H,7-8,16H2,(H,17,18)(H,19,20). The first kappa shape index (κ1) is 12.5. The number of nitrogens with zero attached hydrogens (tertiary/aromatic N) is 1. The molecule has 0 spiro atoms. The van der Waals surface area contributed by atoms with E-state index in [1.165, 1.54) is 23.4 Å². The number of carboxylic acids is 1. The number of anilines is 2. The Hall–Kier alpha value is -2.56. The third-order valence-corrected chi connectivity index (χ3v) is 3.61. The van der Waals surface area contributed by atoms with Crippen molar-refractivity contribution in [3.05, 3.63) is 53.2 Å². The van der Waals surface area contributed by atoms with Gasteiger partial charge in [0.1, 0.15) is 5.82 Å². The molecule has 1 aromatic heterocycles. The number of nitrogens with one attached hydrogen (secondary N) is 1. The minimum Gasteiger partial charge on any atom is -0.478 e. The summed E-state index contributed by atoms with van der Waals surface area (Å²) >= 11 is 0. The van der Waals surface area contributed by atoms with Crippen molar-refractivity contribution in [1.29, 1.82) is 0 Å². The number of hydrogen-bond acceptors (Lipinski definition) is 4. The molecule has 0 atom stereocenters. The van der Waals surface area contributed by atoms with Gasteiger partial charge in [0, 0.05) is 12.2 Å². The molecule has 1 aliphatic carbocycles. The number of benzene rings is 1. The lowest BCUT2D eigenvalue weighted by Crippen LogP contribution is -2.21. The summed E-state index contributed by atoms with van der Waals surface area (Å²) in [5.41, 5.74) is 8.77. The summed E-state index contributed by atoms with van der Waals surface area (Å²) in [6, 6.07) is 9.89. The van der Waals surface area contributed by atoms with Crippen LogP contribution in [0.15, 0.2) is 36.5 Å². The first-order chi connectivity index (χ1) is 9.65. The van der Waals surface area contributed by atoms with E-state index in [1.54, 1.807) is 0 Å². The zero-order valence-electron chi connectivity index (χ0n) is 10.8. The quantitative estimate of drug-likeness (QED) is 0.792. The van der Waals surface area contributed by atoms with Gasteiger partial charge in [-0.2, -0.15) is 0 Å². The molecule has 0 unspecified atom stereocenters. The number of rotatable bonds is 3. The number of carbonyl (C=O) groups is 1. The van der Waals surface area contributed by atoms with Gasteiger partial charge in [-0.25, -0.2) is 9.78 Å². The molecule has 4 N–H and O–H groups in total. The topological polar surface area (TPSA) is 88.2 Å². The van der Waals surface area contributed by atoms with Crippen LogP contribution in [-0.2, 0) is 12.8 Å². The van der Waals surface area contributed by atoms with Crippen molar-refractivity contribution in [1.82, 2.24) is 4.98 Å². The maximum absolute atomic E-state index is 11.1. The zero-order valence-corrected chi connectivity index (χ0v) is 10.8. The number of aromatic nitrogens is 1. The molecule has 1 aliphatic rings. The summed E-state index contributed by atoms with van der Waals surface area (Å²) in [4.78, 5) is 15.2. The molecule has 102 valence electrons. The van der Waals surface area contributed by atoms with Crippen LogP contribution in [0.4, 0.5) is 11.5 Å². The summed E-state index contributed by atoms with van der Waals surface area (Å²) in [5, 5.41) is 12.3. The molecule has 0 aliphatic heterocycles. The van der Waals surface area contributed by atoms with Gasteiger partial charge in [0.05, 0.1) is 11.3 Å². The van der Waals surface area contributed by atoms with Crippen molar-refractivity contribution in [3.63, 3.8) is 0 Å². The van der Waals surface area contributed by atoms with Gasteiger partial charge >= 0.3 is 5.97 Å². The lowest BCUT2D eigenvalue weighted by atomic mass is 10.1. The number of carboxylic acid groups (broad SMARTS) is 1. The Balaban J connectivity index is 1.81.